The number of amides is 1. The molecule has 0 fully saturated rings. The van der Waals surface area contributed by atoms with Crippen LogP contribution in [-0.4, -0.2) is 27.8 Å². The summed E-state index contributed by atoms with van der Waals surface area (Å²) in [6.45, 7) is 0.111. The molecule has 3 aromatic carbocycles. The average Bonchev–Trinajstić information content (AvgIpc) is 3.13. The zero-order valence-corrected chi connectivity index (χ0v) is 19.9. The van der Waals surface area contributed by atoms with Crippen molar-refractivity contribution in [3.8, 4) is 0 Å². The van der Waals surface area contributed by atoms with Gasteiger partial charge >= 0.3 is 10.8 Å². The smallest absolute Gasteiger partial charge is 0.335 e. The van der Waals surface area contributed by atoms with Crippen LogP contribution in [0, 0.1) is 0 Å². The molecule has 0 aliphatic heterocycles. The van der Waals surface area contributed by atoms with E-state index in [0.29, 0.717) is 10.4 Å². The maximum atomic E-state index is 13.1. The molecule has 0 unspecified atom stereocenters. The van der Waals surface area contributed by atoms with Gasteiger partial charge in [0.1, 0.15) is 5.15 Å². The van der Waals surface area contributed by atoms with Crippen molar-refractivity contribution in [2.24, 2.45) is 5.10 Å². The highest BCUT2D eigenvalue weighted by molar-refractivity contribution is 7.11. The molecule has 0 radical (unpaired) electrons. The number of hydrogen-bond donors (Lipinski definition) is 2. The summed E-state index contributed by atoms with van der Waals surface area (Å²) >= 11 is 7.29. The first-order valence-corrected chi connectivity index (χ1v) is 11.8. The maximum absolute atomic E-state index is 13.1. The van der Waals surface area contributed by atoms with Gasteiger partial charge in [0.15, 0.2) is 0 Å². The normalized spacial score (nSPS) is 11.1. The second-order valence-corrected chi connectivity index (χ2v) is 8.95. The van der Waals surface area contributed by atoms with Crippen molar-refractivity contribution in [3.63, 3.8) is 0 Å². The molecule has 2 N–H and O–H groups in total. The number of aromatic nitrogens is 1. The minimum atomic E-state index is -1.05. The van der Waals surface area contributed by atoms with E-state index in [4.69, 9.17) is 11.6 Å². The van der Waals surface area contributed by atoms with Gasteiger partial charge in [-0.2, -0.15) is 5.10 Å². The third-order valence-electron chi connectivity index (χ3n) is 5.26. The van der Waals surface area contributed by atoms with Gasteiger partial charge in [0.2, 0.25) is 0 Å². The molecule has 35 heavy (non-hydrogen) atoms. The van der Waals surface area contributed by atoms with Crippen molar-refractivity contribution in [2.45, 2.75) is 12.5 Å². The van der Waals surface area contributed by atoms with Crippen molar-refractivity contribution in [2.75, 3.05) is 0 Å². The van der Waals surface area contributed by atoms with Crippen molar-refractivity contribution < 1.29 is 14.7 Å². The molecule has 0 spiro atoms. The number of nitrogens with zero attached hydrogens (tertiary/aromatic N) is 2. The Morgan fingerprint density at radius 3 is 2.23 bits per heavy atom. The average molecular weight is 506 g/mol. The summed E-state index contributed by atoms with van der Waals surface area (Å²) in [6.07, 6.45) is 1.34. The largest absolute Gasteiger partial charge is 0.478 e. The molecule has 7 nitrogen and oxygen atoms in total. The summed E-state index contributed by atoms with van der Waals surface area (Å²) in [7, 11) is 0. The van der Waals surface area contributed by atoms with Crippen LogP contribution in [0.1, 0.15) is 37.8 Å². The van der Waals surface area contributed by atoms with Crippen LogP contribution in [0.4, 0.5) is 0 Å². The van der Waals surface area contributed by atoms with Gasteiger partial charge in [0.25, 0.3) is 5.91 Å². The fraction of sp³-hybridized carbons (Fsp3) is 0.0769. The number of hydrazone groups is 1. The second kappa shape index (κ2) is 10.9. The number of thiazole rings is 1. The van der Waals surface area contributed by atoms with Gasteiger partial charge < -0.3 is 5.11 Å². The molecular formula is C26H20ClN3O4S. The number of carboxylic acid groups (broad SMARTS) is 1. The highest BCUT2D eigenvalue weighted by atomic mass is 35.5. The lowest BCUT2D eigenvalue weighted by Crippen LogP contribution is -2.26. The third-order valence-corrected chi connectivity index (χ3v) is 6.69. The molecule has 176 valence electrons. The van der Waals surface area contributed by atoms with Crippen molar-refractivity contribution in [1.82, 2.24) is 9.99 Å². The van der Waals surface area contributed by atoms with Crippen LogP contribution in [0.2, 0.25) is 5.15 Å². The van der Waals surface area contributed by atoms with E-state index in [2.05, 4.69) is 10.5 Å². The molecule has 0 aliphatic rings. The molecule has 0 saturated heterocycles. The molecule has 0 aliphatic carbocycles. The number of hydrogen-bond acceptors (Lipinski definition) is 5. The van der Waals surface area contributed by atoms with E-state index in [1.54, 1.807) is 12.1 Å². The van der Waals surface area contributed by atoms with Gasteiger partial charge in [-0.15, -0.1) is 0 Å². The van der Waals surface area contributed by atoms with E-state index >= 15 is 0 Å². The van der Waals surface area contributed by atoms with Crippen molar-refractivity contribution in [1.29, 1.82) is 0 Å². The number of carboxylic acids is 1. The summed E-state index contributed by atoms with van der Waals surface area (Å²) in [4.78, 5) is 36.8. The van der Waals surface area contributed by atoms with Crippen LogP contribution in [0.5, 0.6) is 0 Å². The van der Waals surface area contributed by atoms with Gasteiger partial charge in [-0.1, -0.05) is 95.7 Å². The van der Waals surface area contributed by atoms with Crippen LogP contribution >= 0.6 is 22.9 Å². The number of rotatable bonds is 8. The van der Waals surface area contributed by atoms with Crippen LogP contribution < -0.4 is 10.3 Å². The van der Waals surface area contributed by atoms with E-state index in [-0.39, 0.29) is 28.0 Å². The Labute approximate surface area is 209 Å². The first-order chi connectivity index (χ1) is 16.9. The van der Waals surface area contributed by atoms with Crippen molar-refractivity contribution in [3.05, 3.63) is 127 Å². The predicted molar refractivity (Wildman–Crippen MR) is 137 cm³/mol. The van der Waals surface area contributed by atoms with Gasteiger partial charge in [0.05, 0.1) is 29.1 Å². The third kappa shape index (κ3) is 5.74. The predicted octanol–water partition coefficient (Wildman–Crippen LogP) is 4.59. The number of nitrogens with one attached hydrogen (secondary N) is 1. The summed E-state index contributed by atoms with van der Waals surface area (Å²) in [5, 5.41) is 13.4. The lowest BCUT2D eigenvalue weighted by Gasteiger charge is -2.16. The number of aromatic carboxylic acids is 1. The summed E-state index contributed by atoms with van der Waals surface area (Å²) in [5.41, 5.74) is 4.95. The lowest BCUT2D eigenvalue weighted by molar-refractivity contribution is -0.121. The maximum Gasteiger partial charge on any atom is 0.335 e. The molecule has 1 heterocycles. The number of benzene rings is 3. The lowest BCUT2D eigenvalue weighted by atomic mass is 9.91. The molecule has 1 amide bonds. The fourth-order valence-electron chi connectivity index (χ4n) is 3.61. The summed E-state index contributed by atoms with van der Waals surface area (Å²) in [5.74, 6) is -1.94. The van der Waals surface area contributed by atoms with Gasteiger partial charge in [0, 0.05) is 0 Å². The standard InChI is InChI=1S/C26H20ClN3O4S/c27-23-21(35-26(34)30(23)16-17-8-7-13-20(14-17)25(32)33)15-28-29-24(31)22(18-9-3-1-4-10-18)19-11-5-2-6-12-19/h1-15,22H,16H2,(H,29,31)(H,32,33)/b28-15+. The monoisotopic (exact) mass is 505 g/mol. The van der Waals surface area contributed by atoms with Crippen LogP contribution in [0.3, 0.4) is 0 Å². The fourth-order valence-corrected chi connectivity index (χ4v) is 4.71. The summed E-state index contributed by atoms with van der Waals surface area (Å²) < 4.78 is 1.33. The van der Waals surface area contributed by atoms with E-state index in [0.717, 1.165) is 22.5 Å². The zero-order valence-electron chi connectivity index (χ0n) is 18.3. The quantitative estimate of drug-likeness (QED) is 0.270. The molecule has 4 aromatic rings. The highest BCUT2D eigenvalue weighted by Crippen LogP contribution is 2.25. The number of halogens is 1. The zero-order chi connectivity index (χ0) is 24.8. The molecule has 4 rings (SSSR count). The molecule has 9 heteroatoms. The Balaban J connectivity index is 1.52. The molecule has 1 aromatic heterocycles. The van der Waals surface area contributed by atoms with E-state index in [1.807, 2.05) is 60.7 Å². The second-order valence-electron chi connectivity index (χ2n) is 7.60. The first kappa shape index (κ1) is 24.1. The molecule has 0 bridgehead atoms. The van der Waals surface area contributed by atoms with Gasteiger partial charge in [-0.25, -0.2) is 10.2 Å². The summed E-state index contributed by atoms with van der Waals surface area (Å²) in [6, 6.07) is 25.0. The van der Waals surface area contributed by atoms with Crippen LogP contribution in [0.15, 0.2) is 94.8 Å². The Kier molecular flexibility index (Phi) is 7.54. The molecule has 0 atom stereocenters. The Hall–Kier alpha value is -4.01. The number of carbonyl (C=O) groups excluding carboxylic acids is 1. The van der Waals surface area contributed by atoms with E-state index in [9.17, 15) is 19.5 Å². The first-order valence-electron chi connectivity index (χ1n) is 10.6. The Bertz CT molecular complexity index is 1390. The van der Waals surface area contributed by atoms with E-state index in [1.165, 1.54) is 22.9 Å². The van der Waals surface area contributed by atoms with Crippen LogP contribution in [0.25, 0.3) is 0 Å². The van der Waals surface area contributed by atoms with E-state index < -0.39 is 11.9 Å². The minimum absolute atomic E-state index is 0.111. The Morgan fingerprint density at radius 2 is 1.63 bits per heavy atom. The van der Waals surface area contributed by atoms with Gasteiger partial charge in [-0.05, 0) is 28.8 Å². The molecule has 0 saturated carbocycles. The minimum Gasteiger partial charge on any atom is -0.478 e. The topological polar surface area (TPSA) is 101 Å². The van der Waals surface area contributed by atoms with Gasteiger partial charge in [-0.3, -0.25) is 14.2 Å². The molecular weight excluding hydrogens is 486 g/mol. The van der Waals surface area contributed by atoms with Crippen molar-refractivity contribution >= 4 is 41.0 Å². The highest BCUT2D eigenvalue weighted by Gasteiger charge is 2.22. The number of carbonyl (C=O) groups is 2. The Morgan fingerprint density at radius 1 is 1.00 bits per heavy atom. The SMILES string of the molecule is O=C(O)c1cccc(Cn2c(Cl)c(/C=N/NC(=O)C(c3ccccc3)c3ccccc3)sc2=O)c1. The van der Waals surface area contributed by atoms with Crippen LogP contribution in [-0.2, 0) is 11.3 Å².